The highest BCUT2D eigenvalue weighted by Gasteiger charge is 1.96. The minimum absolute atomic E-state index is 0.259. The molecule has 12 heavy (non-hydrogen) atoms. The third-order valence-corrected chi connectivity index (χ3v) is 1.70. The van der Waals surface area contributed by atoms with Crippen LogP contribution in [0.25, 0.3) is 0 Å². The fraction of sp³-hybridized carbons (Fsp3) is 0.300. The first-order valence-corrected chi connectivity index (χ1v) is 4.05. The molecule has 0 unspecified atom stereocenters. The van der Waals surface area contributed by atoms with E-state index in [9.17, 15) is 4.79 Å². The van der Waals surface area contributed by atoms with Crippen molar-refractivity contribution < 1.29 is 9.90 Å². The van der Waals surface area contributed by atoms with E-state index >= 15 is 0 Å². The van der Waals surface area contributed by atoms with E-state index < -0.39 is 5.97 Å². The number of carboxylic acids is 1. The Balaban J connectivity index is 2.29. The van der Waals surface area contributed by atoms with Gasteiger partial charge in [0.2, 0.25) is 0 Å². The Bertz CT molecular complexity index is 241. The second-order valence-electron chi connectivity index (χ2n) is 2.73. The molecule has 1 N–H and O–H groups in total. The Morgan fingerprint density at radius 3 is 2.50 bits per heavy atom. The molecule has 0 fully saturated rings. The first-order chi connectivity index (χ1) is 5.79. The summed E-state index contributed by atoms with van der Waals surface area (Å²) in [6.07, 6.45) is 1.83. The van der Waals surface area contributed by atoms with Crippen LogP contribution in [0.1, 0.15) is 18.4 Å². The molecule has 0 aliphatic rings. The Morgan fingerprint density at radius 2 is 1.92 bits per heavy atom. The van der Waals surface area contributed by atoms with Crippen molar-refractivity contribution in [1.29, 1.82) is 0 Å². The Labute approximate surface area is 71.8 Å². The molecular formula is C10H12O2. The third kappa shape index (κ3) is 3.19. The second-order valence-corrected chi connectivity index (χ2v) is 2.73. The molecule has 0 radical (unpaired) electrons. The van der Waals surface area contributed by atoms with Gasteiger partial charge < -0.3 is 5.11 Å². The smallest absolute Gasteiger partial charge is 0.303 e. The average Bonchev–Trinajstić information content (AvgIpc) is 2.05. The van der Waals surface area contributed by atoms with Crippen molar-refractivity contribution in [3.63, 3.8) is 0 Å². The van der Waals surface area contributed by atoms with Crippen LogP contribution in [0.15, 0.2) is 30.3 Å². The van der Waals surface area contributed by atoms with Crippen LogP contribution < -0.4 is 0 Å². The topological polar surface area (TPSA) is 37.3 Å². The van der Waals surface area contributed by atoms with Crippen LogP contribution in [-0.4, -0.2) is 11.1 Å². The predicted molar refractivity (Wildman–Crippen MR) is 47.0 cm³/mol. The van der Waals surface area contributed by atoms with Crippen LogP contribution in [0.3, 0.4) is 0 Å². The van der Waals surface area contributed by atoms with E-state index in [1.54, 1.807) is 0 Å². The first kappa shape index (κ1) is 8.78. The molecule has 0 aromatic heterocycles. The fourth-order valence-electron chi connectivity index (χ4n) is 1.09. The second kappa shape index (κ2) is 4.54. The van der Waals surface area contributed by atoms with Gasteiger partial charge in [-0.3, -0.25) is 4.79 Å². The zero-order chi connectivity index (χ0) is 8.81. The van der Waals surface area contributed by atoms with Crippen LogP contribution in [0.5, 0.6) is 0 Å². The molecule has 2 heteroatoms. The molecule has 2 nitrogen and oxygen atoms in total. The van der Waals surface area contributed by atoms with Crippen LogP contribution in [0, 0.1) is 0 Å². The van der Waals surface area contributed by atoms with Crippen molar-refractivity contribution in [1.82, 2.24) is 0 Å². The van der Waals surface area contributed by atoms with Gasteiger partial charge in [0.1, 0.15) is 0 Å². The molecule has 0 saturated heterocycles. The van der Waals surface area contributed by atoms with Crippen molar-refractivity contribution in [2.75, 3.05) is 0 Å². The highest BCUT2D eigenvalue weighted by Crippen LogP contribution is 2.03. The zero-order valence-electron chi connectivity index (χ0n) is 6.86. The molecule has 0 aliphatic carbocycles. The Morgan fingerprint density at radius 1 is 1.25 bits per heavy atom. The molecule has 0 heterocycles. The predicted octanol–water partition coefficient (Wildman–Crippen LogP) is 2.09. The molecule has 0 spiro atoms. The minimum atomic E-state index is -0.717. The first-order valence-electron chi connectivity index (χ1n) is 4.05. The largest absolute Gasteiger partial charge is 0.481 e. The van der Waals surface area contributed by atoms with Gasteiger partial charge in [-0.25, -0.2) is 0 Å². The lowest BCUT2D eigenvalue weighted by Crippen LogP contribution is -1.95. The molecule has 1 aromatic rings. The summed E-state index contributed by atoms with van der Waals surface area (Å²) < 4.78 is 0. The molecule has 0 atom stereocenters. The highest BCUT2D eigenvalue weighted by molar-refractivity contribution is 5.66. The van der Waals surface area contributed by atoms with Crippen molar-refractivity contribution >= 4 is 5.97 Å². The van der Waals surface area contributed by atoms with E-state index in [2.05, 4.69) is 0 Å². The summed E-state index contributed by atoms with van der Waals surface area (Å²) in [5.74, 6) is -0.717. The van der Waals surface area contributed by atoms with E-state index in [1.165, 1.54) is 5.56 Å². The molecule has 0 bridgehead atoms. The van der Waals surface area contributed by atoms with Gasteiger partial charge in [0, 0.05) is 6.42 Å². The number of carbonyl (C=O) groups is 1. The summed E-state index contributed by atoms with van der Waals surface area (Å²) in [4.78, 5) is 10.2. The van der Waals surface area contributed by atoms with Gasteiger partial charge in [0.15, 0.2) is 0 Å². The van der Waals surface area contributed by atoms with Gasteiger partial charge in [-0.2, -0.15) is 0 Å². The summed E-state index contributed by atoms with van der Waals surface area (Å²) in [6.45, 7) is 0. The van der Waals surface area contributed by atoms with E-state index in [1.807, 2.05) is 30.3 Å². The maximum atomic E-state index is 10.2. The summed E-state index contributed by atoms with van der Waals surface area (Å²) in [5.41, 5.74) is 1.21. The lowest BCUT2D eigenvalue weighted by molar-refractivity contribution is -0.137. The lowest BCUT2D eigenvalue weighted by Gasteiger charge is -1.97. The standard InChI is InChI=1S/C10H12O2/c11-10(12)8-4-7-9-5-2-1-3-6-9/h1-3,5-6H,4,7-8H2,(H,11,12)/i8+1,10+1. The monoisotopic (exact) mass is 166 g/mol. The number of benzene rings is 1. The van der Waals surface area contributed by atoms with Crippen LogP contribution in [0.4, 0.5) is 0 Å². The normalized spacial score (nSPS) is 9.67. The molecular weight excluding hydrogens is 154 g/mol. The van der Waals surface area contributed by atoms with Crippen LogP contribution in [-0.2, 0) is 11.2 Å². The lowest BCUT2D eigenvalue weighted by atomic mass is 10.1. The van der Waals surface area contributed by atoms with Crippen LogP contribution >= 0.6 is 0 Å². The number of carboxylic acid groups (broad SMARTS) is 1. The maximum absolute atomic E-state index is 10.2. The van der Waals surface area contributed by atoms with Gasteiger partial charge in [0.05, 0.1) is 0 Å². The molecule has 1 aromatic carbocycles. The maximum Gasteiger partial charge on any atom is 0.303 e. The van der Waals surface area contributed by atoms with Gasteiger partial charge in [-0.1, -0.05) is 30.3 Å². The average molecular weight is 166 g/mol. The highest BCUT2D eigenvalue weighted by atomic mass is 16.5. The molecule has 64 valence electrons. The Hall–Kier alpha value is -1.31. The minimum Gasteiger partial charge on any atom is -0.481 e. The van der Waals surface area contributed by atoms with Crippen molar-refractivity contribution in [3.05, 3.63) is 35.9 Å². The molecule has 1 rings (SSSR count). The quantitative estimate of drug-likeness (QED) is 0.695. The summed E-state index contributed by atoms with van der Waals surface area (Å²) in [6, 6.07) is 9.93. The molecule has 0 aliphatic heterocycles. The number of hydrogen-bond donors (Lipinski definition) is 1. The van der Waals surface area contributed by atoms with E-state index in [4.69, 9.17) is 5.11 Å². The Kier molecular flexibility index (Phi) is 3.33. The fourth-order valence-corrected chi connectivity index (χ4v) is 1.09. The van der Waals surface area contributed by atoms with Gasteiger partial charge in [-0.15, -0.1) is 0 Å². The molecule has 0 amide bonds. The van der Waals surface area contributed by atoms with Crippen molar-refractivity contribution in [2.45, 2.75) is 19.3 Å². The van der Waals surface area contributed by atoms with Crippen molar-refractivity contribution in [3.8, 4) is 0 Å². The van der Waals surface area contributed by atoms with E-state index in [0.717, 1.165) is 12.8 Å². The number of aryl methyl sites for hydroxylation is 1. The third-order valence-electron chi connectivity index (χ3n) is 1.70. The molecule has 0 saturated carbocycles. The SMILES string of the molecule is O=[13C](O)[13CH2]CCc1ccccc1. The zero-order valence-corrected chi connectivity index (χ0v) is 6.86. The van der Waals surface area contributed by atoms with Gasteiger partial charge in [-0.05, 0) is 18.4 Å². The van der Waals surface area contributed by atoms with Crippen molar-refractivity contribution in [2.24, 2.45) is 0 Å². The summed E-state index contributed by atoms with van der Waals surface area (Å²) in [7, 11) is 0. The van der Waals surface area contributed by atoms with E-state index in [-0.39, 0.29) is 6.42 Å². The number of hydrogen-bond acceptors (Lipinski definition) is 1. The summed E-state index contributed by atoms with van der Waals surface area (Å²) in [5, 5.41) is 8.39. The number of aliphatic carboxylic acids is 1. The van der Waals surface area contributed by atoms with Gasteiger partial charge >= 0.3 is 5.97 Å². The van der Waals surface area contributed by atoms with Crippen LogP contribution in [0.2, 0.25) is 0 Å². The van der Waals surface area contributed by atoms with Gasteiger partial charge in [0.25, 0.3) is 0 Å². The number of rotatable bonds is 4. The summed E-state index contributed by atoms with van der Waals surface area (Å²) >= 11 is 0. The van der Waals surface area contributed by atoms with E-state index in [0.29, 0.717) is 0 Å².